The largest absolute Gasteiger partial charge is 0.481 e. The van der Waals surface area contributed by atoms with Crippen LogP contribution >= 0.6 is 15.9 Å². The van der Waals surface area contributed by atoms with Crippen LogP contribution in [0.15, 0.2) is 57.9 Å². The highest BCUT2D eigenvalue weighted by Gasteiger charge is 2.25. The summed E-state index contributed by atoms with van der Waals surface area (Å²) >= 11 is 3.26. The Morgan fingerprint density at radius 2 is 1.65 bits per heavy atom. The Morgan fingerprint density at radius 1 is 1.09 bits per heavy atom. The SMILES string of the molecule is O=C(O)CCN(c1ccc(Br)cc1)S(=O)(=O)c1ccc(F)cc1. The highest BCUT2D eigenvalue weighted by Crippen LogP contribution is 2.25. The molecule has 0 heterocycles. The second-order valence-corrected chi connectivity index (χ2v) is 7.43. The summed E-state index contributed by atoms with van der Waals surface area (Å²) in [5, 5.41) is 8.85. The summed E-state index contributed by atoms with van der Waals surface area (Å²) in [4.78, 5) is 10.7. The number of benzene rings is 2. The molecule has 0 saturated carbocycles. The Morgan fingerprint density at radius 3 is 2.17 bits per heavy atom. The van der Waals surface area contributed by atoms with Crippen LogP contribution < -0.4 is 4.31 Å². The lowest BCUT2D eigenvalue weighted by atomic mass is 10.3. The fourth-order valence-electron chi connectivity index (χ4n) is 1.93. The number of aliphatic carboxylic acids is 1. The summed E-state index contributed by atoms with van der Waals surface area (Å²) in [5.74, 6) is -1.66. The molecule has 23 heavy (non-hydrogen) atoms. The third-order valence-electron chi connectivity index (χ3n) is 3.05. The molecule has 0 unspecified atom stereocenters. The molecule has 2 aromatic rings. The summed E-state index contributed by atoms with van der Waals surface area (Å²) in [5.41, 5.74) is 0.332. The minimum atomic E-state index is -3.99. The zero-order chi connectivity index (χ0) is 17.0. The zero-order valence-electron chi connectivity index (χ0n) is 11.8. The van der Waals surface area contributed by atoms with Gasteiger partial charge in [0.05, 0.1) is 17.0 Å². The van der Waals surface area contributed by atoms with Crippen LogP contribution in [0.3, 0.4) is 0 Å². The average molecular weight is 402 g/mol. The van der Waals surface area contributed by atoms with Gasteiger partial charge in [-0.15, -0.1) is 0 Å². The highest BCUT2D eigenvalue weighted by atomic mass is 79.9. The normalized spacial score (nSPS) is 11.2. The predicted octanol–water partition coefficient (Wildman–Crippen LogP) is 3.26. The lowest BCUT2D eigenvalue weighted by molar-refractivity contribution is -0.136. The van der Waals surface area contributed by atoms with E-state index >= 15 is 0 Å². The number of rotatable bonds is 6. The summed E-state index contributed by atoms with van der Waals surface area (Å²) < 4.78 is 40.3. The maximum absolute atomic E-state index is 13.0. The number of carboxylic acids is 1. The van der Waals surface area contributed by atoms with Crippen LogP contribution in [0.2, 0.25) is 0 Å². The molecule has 1 N–H and O–H groups in total. The molecule has 0 saturated heterocycles. The Bertz CT molecular complexity index is 791. The van der Waals surface area contributed by atoms with E-state index in [1.807, 2.05) is 0 Å². The van der Waals surface area contributed by atoms with E-state index in [9.17, 15) is 17.6 Å². The molecule has 122 valence electrons. The number of hydrogen-bond acceptors (Lipinski definition) is 3. The molecule has 0 fully saturated rings. The lowest BCUT2D eigenvalue weighted by Gasteiger charge is -2.24. The first-order valence-corrected chi connectivity index (χ1v) is 8.79. The van der Waals surface area contributed by atoms with Gasteiger partial charge in [-0.2, -0.15) is 0 Å². The molecule has 0 aromatic heterocycles. The average Bonchev–Trinajstić information content (AvgIpc) is 2.49. The van der Waals surface area contributed by atoms with Crippen LogP contribution in [0.1, 0.15) is 6.42 Å². The maximum Gasteiger partial charge on any atom is 0.305 e. The Kier molecular flexibility index (Phi) is 5.38. The third kappa shape index (κ3) is 4.29. The van der Waals surface area contributed by atoms with E-state index in [1.54, 1.807) is 24.3 Å². The van der Waals surface area contributed by atoms with E-state index in [4.69, 9.17) is 5.11 Å². The van der Waals surface area contributed by atoms with Crippen LogP contribution in [0.5, 0.6) is 0 Å². The van der Waals surface area contributed by atoms with Crippen LogP contribution in [0.25, 0.3) is 0 Å². The molecule has 0 aliphatic heterocycles. The van der Waals surface area contributed by atoms with Crippen molar-refractivity contribution in [2.24, 2.45) is 0 Å². The van der Waals surface area contributed by atoms with Gasteiger partial charge in [0.2, 0.25) is 0 Å². The van der Waals surface area contributed by atoms with Crippen molar-refractivity contribution in [1.29, 1.82) is 0 Å². The maximum atomic E-state index is 13.0. The molecule has 0 atom stereocenters. The highest BCUT2D eigenvalue weighted by molar-refractivity contribution is 9.10. The number of carbonyl (C=O) groups is 1. The van der Waals surface area contributed by atoms with E-state index in [0.717, 1.165) is 33.0 Å². The smallest absolute Gasteiger partial charge is 0.305 e. The molecule has 0 aliphatic rings. The number of sulfonamides is 1. The molecule has 8 heteroatoms. The van der Waals surface area contributed by atoms with Gasteiger partial charge in [0, 0.05) is 11.0 Å². The second kappa shape index (κ2) is 7.10. The first kappa shape index (κ1) is 17.4. The number of carboxylic acid groups (broad SMARTS) is 1. The summed E-state index contributed by atoms with van der Waals surface area (Å²) in [6.45, 7) is -0.226. The first-order valence-electron chi connectivity index (χ1n) is 6.56. The molecule has 0 amide bonds. The molecule has 5 nitrogen and oxygen atoms in total. The monoisotopic (exact) mass is 401 g/mol. The standard InChI is InChI=1S/C15H13BrFNO4S/c16-11-1-5-13(6-2-11)18(10-9-15(19)20)23(21,22)14-7-3-12(17)4-8-14/h1-8H,9-10H2,(H,19,20). The van der Waals surface area contributed by atoms with Crippen LogP contribution in [-0.4, -0.2) is 26.0 Å². The summed E-state index contributed by atoms with van der Waals surface area (Å²) in [6.07, 6.45) is -0.351. The van der Waals surface area contributed by atoms with E-state index in [1.165, 1.54) is 0 Å². The van der Waals surface area contributed by atoms with Gasteiger partial charge in [-0.25, -0.2) is 12.8 Å². The molecule has 0 radical (unpaired) electrons. The molecule has 2 rings (SSSR count). The molecular formula is C15H13BrFNO4S. The Balaban J connectivity index is 2.44. The van der Waals surface area contributed by atoms with E-state index in [-0.39, 0.29) is 17.9 Å². The lowest BCUT2D eigenvalue weighted by Crippen LogP contribution is -2.33. The predicted molar refractivity (Wildman–Crippen MR) is 87.3 cm³/mol. The third-order valence-corrected chi connectivity index (χ3v) is 5.42. The van der Waals surface area contributed by atoms with Gasteiger partial charge in [-0.3, -0.25) is 9.10 Å². The molecular weight excluding hydrogens is 389 g/mol. The van der Waals surface area contributed by atoms with Gasteiger partial charge < -0.3 is 5.11 Å². The van der Waals surface area contributed by atoms with Gasteiger partial charge in [0.15, 0.2) is 0 Å². The van der Waals surface area contributed by atoms with E-state index in [0.29, 0.717) is 5.69 Å². The number of halogens is 2. The van der Waals surface area contributed by atoms with Crippen molar-refractivity contribution in [1.82, 2.24) is 0 Å². The van der Waals surface area contributed by atoms with Crippen LogP contribution in [-0.2, 0) is 14.8 Å². The zero-order valence-corrected chi connectivity index (χ0v) is 14.2. The van der Waals surface area contributed by atoms with Crippen molar-refractivity contribution >= 4 is 37.6 Å². The molecule has 2 aromatic carbocycles. The number of nitrogens with zero attached hydrogens (tertiary/aromatic N) is 1. The molecule has 0 bridgehead atoms. The van der Waals surface area contributed by atoms with Gasteiger partial charge in [-0.1, -0.05) is 15.9 Å². The quantitative estimate of drug-likeness (QED) is 0.805. The van der Waals surface area contributed by atoms with Gasteiger partial charge >= 0.3 is 5.97 Å². The van der Waals surface area contributed by atoms with Gasteiger partial charge in [0.25, 0.3) is 10.0 Å². The summed E-state index contributed by atoms with van der Waals surface area (Å²) in [7, 11) is -3.99. The topological polar surface area (TPSA) is 74.7 Å². The Labute approximate surface area is 141 Å². The van der Waals surface area contributed by atoms with Crippen molar-refractivity contribution in [3.05, 3.63) is 58.8 Å². The van der Waals surface area contributed by atoms with Crippen molar-refractivity contribution < 1.29 is 22.7 Å². The van der Waals surface area contributed by atoms with Crippen LogP contribution in [0, 0.1) is 5.82 Å². The number of anilines is 1. The van der Waals surface area contributed by atoms with Crippen LogP contribution in [0.4, 0.5) is 10.1 Å². The fraction of sp³-hybridized carbons (Fsp3) is 0.133. The second-order valence-electron chi connectivity index (χ2n) is 4.65. The fourth-order valence-corrected chi connectivity index (χ4v) is 3.66. The van der Waals surface area contributed by atoms with Gasteiger partial charge in [0.1, 0.15) is 5.82 Å². The van der Waals surface area contributed by atoms with Crippen molar-refractivity contribution in [2.45, 2.75) is 11.3 Å². The van der Waals surface area contributed by atoms with Gasteiger partial charge in [-0.05, 0) is 48.5 Å². The molecule has 0 aliphatic carbocycles. The number of hydrogen-bond donors (Lipinski definition) is 1. The van der Waals surface area contributed by atoms with Crippen molar-refractivity contribution in [3.8, 4) is 0 Å². The van der Waals surface area contributed by atoms with Crippen molar-refractivity contribution in [3.63, 3.8) is 0 Å². The Hall–Kier alpha value is -1.93. The van der Waals surface area contributed by atoms with E-state index < -0.39 is 21.8 Å². The van der Waals surface area contributed by atoms with Crippen molar-refractivity contribution in [2.75, 3.05) is 10.8 Å². The summed E-state index contributed by atoms with van der Waals surface area (Å²) in [6, 6.07) is 10.8. The minimum Gasteiger partial charge on any atom is -0.481 e. The minimum absolute atomic E-state index is 0.104. The first-order chi connectivity index (χ1) is 10.8. The molecule has 0 spiro atoms. The van der Waals surface area contributed by atoms with E-state index in [2.05, 4.69) is 15.9 Å².